The smallest absolute Gasteiger partial charge is 0.243 e. The third-order valence-electron chi connectivity index (χ3n) is 3.48. The molecule has 0 amide bonds. The second kappa shape index (κ2) is 7.30. The summed E-state index contributed by atoms with van der Waals surface area (Å²) < 4.78 is 38.0. The summed E-state index contributed by atoms with van der Waals surface area (Å²) in [5.74, 6) is 1.03. The van der Waals surface area contributed by atoms with Gasteiger partial charge in [-0.05, 0) is 32.9 Å². The first-order valence-corrected chi connectivity index (χ1v) is 9.06. The summed E-state index contributed by atoms with van der Waals surface area (Å²) in [6.07, 6.45) is 0. The fourth-order valence-corrected chi connectivity index (χ4v) is 4.00. The number of piperazine rings is 1. The first-order chi connectivity index (χ1) is 10.5. The van der Waals surface area contributed by atoms with Gasteiger partial charge in [0.25, 0.3) is 0 Å². The maximum absolute atomic E-state index is 12.8. The molecule has 7 heteroatoms. The predicted molar refractivity (Wildman–Crippen MR) is 85.0 cm³/mol. The number of nitrogens with one attached hydrogen (secondary N) is 1. The molecule has 1 aromatic rings. The van der Waals surface area contributed by atoms with Gasteiger partial charge < -0.3 is 14.8 Å². The van der Waals surface area contributed by atoms with Crippen LogP contribution in [0.4, 0.5) is 0 Å². The highest BCUT2D eigenvalue weighted by Gasteiger charge is 2.29. The molecule has 2 rings (SSSR count). The third kappa shape index (κ3) is 3.71. The fraction of sp³-hybridized carbons (Fsp3) is 0.600. The van der Waals surface area contributed by atoms with Crippen LogP contribution in [0.3, 0.4) is 0 Å². The van der Waals surface area contributed by atoms with Crippen LogP contribution in [0, 0.1) is 0 Å². The average molecular weight is 328 g/mol. The van der Waals surface area contributed by atoms with E-state index in [-0.39, 0.29) is 10.9 Å². The van der Waals surface area contributed by atoms with E-state index >= 15 is 0 Å². The van der Waals surface area contributed by atoms with Crippen LogP contribution in [-0.2, 0) is 10.0 Å². The molecule has 1 unspecified atom stereocenters. The highest BCUT2D eigenvalue weighted by molar-refractivity contribution is 7.89. The normalized spacial score (nSPS) is 19.9. The Kier molecular flexibility index (Phi) is 5.66. The van der Waals surface area contributed by atoms with Crippen LogP contribution in [0.15, 0.2) is 23.1 Å². The van der Waals surface area contributed by atoms with Crippen LogP contribution < -0.4 is 14.8 Å². The van der Waals surface area contributed by atoms with Gasteiger partial charge in [-0.1, -0.05) is 0 Å². The third-order valence-corrected chi connectivity index (χ3v) is 5.35. The molecule has 1 atom stereocenters. The Morgan fingerprint density at radius 2 is 1.91 bits per heavy atom. The number of ether oxygens (including phenoxy) is 2. The Bertz CT molecular complexity index is 604. The Hall–Kier alpha value is -1.31. The van der Waals surface area contributed by atoms with E-state index in [0.29, 0.717) is 44.3 Å². The van der Waals surface area contributed by atoms with E-state index in [2.05, 4.69) is 5.32 Å². The van der Waals surface area contributed by atoms with Gasteiger partial charge >= 0.3 is 0 Å². The van der Waals surface area contributed by atoms with E-state index < -0.39 is 10.0 Å². The summed E-state index contributed by atoms with van der Waals surface area (Å²) in [6, 6.07) is 4.94. The van der Waals surface area contributed by atoms with Crippen molar-refractivity contribution in [3.63, 3.8) is 0 Å². The zero-order valence-electron chi connectivity index (χ0n) is 13.3. The van der Waals surface area contributed by atoms with Crippen LogP contribution in [0.5, 0.6) is 11.5 Å². The lowest BCUT2D eigenvalue weighted by molar-refractivity contribution is 0.286. The van der Waals surface area contributed by atoms with Crippen LogP contribution >= 0.6 is 0 Å². The van der Waals surface area contributed by atoms with Crippen LogP contribution in [0.1, 0.15) is 20.8 Å². The SMILES string of the molecule is CCOc1ccc(S(=O)(=O)N2CCNC(C)C2)cc1OCC. The second-order valence-corrected chi connectivity index (χ2v) is 7.13. The molecule has 0 aliphatic carbocycles. The molecule has 0 aromatic heterocycles. The number of benzene rings is 1. The van der Waals surface area contributed by atoms with Gasteiger partial charge in [-0.25, -0.2) is 8.42 Å². The molecule has 0 bridgehead atoms. The van der Waals surface area contributed by atoms with Crippen molar-refractivity contribution in [2.75, 3.05) is 32.8 Å². The lowest BCUT2D eigenvalue weighted by Gasteiger charge is -2.31. The van der Waals surface area contributed by atoms with Gasteiger partial charge in [-0.15, -0.1) is 0 Å². The van der Waals surface area contributed by atoms with Gasteiger partial charge in [0.2, 0.25) is 10.0 Å². The lowest BCUT2D eigenvalue weighted by atomic mass is 10.3. The van der Waals surface area contributed by atoms with Crippen molar-refractivity contribution in [2.45, 2.75) is 31.7 Å². The van der Waals surface area contributed by atoms with Crippen LogP contribution in [0.25, 0.3) is 0 Å². The van der Waals surface area contributed by atoms with E-state index in [1.54, 1.807) is 18.2 Å². The van der Waals surface area contributed by atoms with Crippen LogP contribution in [-0.4, -0.2) is 51.6 Å². The molecule has 1 aliphatic rings. The second-order valence-electron chi connectivity index (χ2n) is 5.19. The van der Waals surface area contributed by atoms with Crippen molar-refractivity contribution in [2.24, 2.45) is 0 Å². The molecular formula is C15H24N2O4S. The number of hydrogen-bond donors (Lipinski definition) is 1. The maximum Gasteiger partial charge on any atom is 0.243 e. The van der Waals surface area contributed by atoms with Gasteiger partial charge in [-0.2, -0.15) is 4.31 Å². The van der Waals surface area contributed by atoms with E-state index in [0.717, 1.165) is 0 Å². The molecular weight excluding hydrogens is 304 g/mol. The summed E-state index contributed by atoms with van der Waals surface area (Å²) >= 11 is 0. The minimum absolute atomic E-state index is 0.151. The molecule has 1 aliphatic heterocycles. The van der Waals surface area contributed by atoms with Gasteiger partial charge in [0.1, 0.15) is 0 Å². The maximum atomic E-state index is 12.8. The molecule has 6 nitrogen and oxygen atoms in total. The van der Waals surface area contributed by atoms with Gasteiger partial charge in [-0.3, -0.25) is 0 Å². The summed E-state index contributed by atoms with van der Waals surface area (Å²) in [6.45, 7) is 8.28. The van der Waals surface area contributed by atoms with Crippen molar-refractivity contribution in [3.8, 4) is 11.5 Å². The highest BCUT2D eigenvalue weighted by atomic mass is 32.2. The van der Waals surface area contributed by atoms with E-state index in [9.17, 15) is 8.42 Å². The number of rotatable bonds is 6. The highest BCUT2D eigenvalue weighted by Crippen LogP contribution is 2.31. The number of hydrogen-bond acceptors (Lipinski definition) is 5. The Balaban J connectivity index is 2.32. The molecule has 0 saturated carbocycles. The van der Waals surface area contributed by atoms with Gasteiger partial charge in [0.05, 0.1) is 18.1 Å². The first-order valence-electron chi connectivity index (χ1n) is 7.62. The van der Waals surface area contributed by atoms with Crippen molar-refractivity contribution >= 4 is 10.0 Å². The summed E-state index contributed by atoms with van der Waals surface area (Å²) in [5, 5.41) is 3.24. The zero-order valence-corrected chi connectivity index (χ0v) is 14.1. The van der Waals surface area contributed by atoms with E-state index in [1.807, 2.05) is 20.8 Å². The molecule has 1 N–H and O–H groups in total. The summed E-state index contributed by atoms with van der Waals surface area (Å²) in [5.41, 5.74) is 0. The van der Waals surface area contributed by atoms with E-state index in [1.165, 1.54) is 4.31 Å². The molecule has 0 spiro atoms. The molecule has 1 heterocycles. The monoisotopic (exact) mass is 328 g/mol. The van der Waals surface area contributed by atoms with Gasteiger partial charge in [0, 0.05) is 31.7 Å². The molecule has 1 saturated heterocycles. The number of sulfonamides is 1. The molecule has 124 valence electrons. The molecule has 0 radical (unpaired) electrons. The number of nitrogens with zero attached hydrogens (tertiary/aromatic N) is 1. The standard InChI is InChI=1S/C15H24N2O4S/c1-4-20-14-7-6-13(10-15(14)21-5-2)22(18,19)17-9-8-16-12(3)11-17/h6-7,10,12,16H,4-5,8-9,11H2,1-3H3. The largest absolute Gasteiger partial charge is 0.490 e. The fourth-order valence-electron chi connectivity index (χ4n) is 2.46. The lowest BCUT2D eigenvalue weighted by Crippen LogP contribution is -2.51. The topological polar surface area (TPSA) is 67.9 Å². The van der Waals surface area contributed by atoms with Crippen molar-refractivity contribution in [1.82, 2.24) is 9.62 Å². The summed E-state index contributed by atoms with van der Waals surface area (Å²) in [7, 11) is -3.51. The molecule has 1 fully saturated rings. The van der Waals surface area contributed by atoms with Gasteiger partial charge in [0.15, 0.2) is 11.5 Å². The van der Waals surface area contributed by atoms with Crippen molar-refractivity contribution in [1.29, 1.82) is 0 Å². The first kappa shape index (κ1) is 17.1. The minimum Gasteiger partial charge on any atom is -0.490 e. The minimum atomic E-state index is -3.51. The molecule has 1 aromatic carbocycles. The molecule has 22 heavy (non-hydrogen) atoms. The predicted octanol–water partition coefficient (Wildman–Crippen LogP) is 1.47. The zero-order chi connectivity index (χ0) is 16.2. The quantitative estimate of drug-likeness (QED) is 0.856. The Morgan fingerprint density at radius 1 is 1.23 bits per heavy atom. The Morgan fingerprint density at radius 3 is 2.55 bits per heavy atom. The summed E-state index contributed by atoms with van der Waals surface area (Å²) in [4.78, 5) is 0.244. The van der Waals surface area contributed by atoms with E-state index in [4.69, 9.17) is 9.47 Å². The average Bonchev–Trinajstić information content (AvgIpc) is 2.49. The van der Waals surface area contributed by atoms with Crippen LogP contribution in [0.2, 0.25) is 0 Å². The Labute approximate surface area is 132 Å². The van der Waals surface area contributed by atoms with Crippen molar-refractivity contribution < 1.29 is 17.9 Å². The van der Waals surface area contributed by atoms with Crippen molar-refractivity contribution in [3.05, 3.63) is 18.2 Å².